The van der Waals surface area contributed by atoms with Crippen LogP contribution in [0.25, 0.3) is 0 Å². The molecule has 2 aromatic rings. The molecule has 162 valence electrons. The SMILES string of the molecule is COc1ccc(S(=O)(=O)N2CCCCC2)cc1NC(=O)CCSc1ccc(Cl)cc1. The number of nitrogens with zero attached hydrogens (tertiary/aromatic N) is 1. The lowest BCUT2D eigenvalue weighted by Gasteiger charge is -2.26. The second-order valence-electron chi connectivity index (χ2n) is 6.93. The molecular formula is C21H25ClN2O4S2. The van der Waals surface area contributed by atoms with Crippen LogP contribution in [0.15, 0.2) is 52.3 Å². The molecule has 0 atom stereocenters. The number of carbonyl (C=O) groups excluding carboxylic acids is 1. The molecule has 3 rings (SSSR count). The Balaban J connectivity index is 1.65. The Morgan fingerprint density at radius 1 is 1.13 bits per heavy atom. The van der Waals surface area contributed by atoms with E-state index in [1.807, 2.05) is 24.3 Å². The van der Waals surface area contributed by atoms with Gasteiger partial charge in [-0.1, -0.05) is 18.0 Å². The predicted molar refractivity (Wildman–Crippen MR) is 121 cm³/mol. The Labute approximate surface area is 187 Å². The monoisotopic (exact) mass is 468 g/mol. The zero-order valence-corrected chi connectivity index (χ0v) is 19.2. The van der Waals surface area contributed by atoms with Gasteiger partial charge in [-0.3, -0.25) is 4.79 Å². The Morgan fingerprint density at radius 2 is 1.83 bits per heavy atom. The first-order valence-electron chi connectivity index (χ1n) is 9.76. The minimum atomic E-state index is -3.59. The summed E-state index contributed by atoms with van der Waals surface area (Å²) < 4.78 is 32.7. The van der Waals surface area contributed by atoms with Crippen molar-refractivity contribution < 1.29 is 17.9 Å². The molecule has 1 saturated heterocycles. The average Bonchev–Trinajstić information content (AvgIpc) is 2.75. The minimum absolute atomic E-state index is 0.163. The van der Waals surface area contributed by atoms with Gasteiger partial charge in [0.25, 0.3) is 0 Å². The van der Waals surface area contributed by atoms with Crippen LogP contribution in [0.5, 0.6) is 5.75 Å². The van der Waals surface area contributed by atoms with E-state index >= 15 is 0 Å². The van der Waals surface area contributed by atoms with Crippen LogP contribution in [0.2, 0.25) is 5.02 Å². The molecule has 2 aromatic carbocycles. The van der Waals surface area contributed by atoms with Gasteiger partial charge in [-0.25, -0.2) is 8.42 Å². The van der Waals surface area contributed by atoms with E-state index in [1.165, 1.54) is 23.5 Å². The van der Waals surface area contributed by atoms with E-state index in [1.54, 1.807) is 17.8 Å². The van der Waals surface area contributed by atoms with Crippen molar-refractivity contribution in [3.63, 3.8) is 0 Å². The minimum Gasteiger partial charge on any atom is -0.495 e. The lowest BCUT2D eigenvalue weighted by molar-refractivity contribution is -0.115. The van der Waals surface area contributed by atoms with Crippen molar-refractivity contribution in [2.75, 3.05) is 31.3 Å². The van der Waals surface area contributed by atoms with Crippen molar-refractivity contribution in [2.24, 2.45) is 0 Å². The van der Waals surface area contributed by atoms with E-state index < -0.39 is 10.0 Å². The summed E-state index contributed by atoms with van der Waals surface area (Å²) in [5, 5.41) is 3.46. The van der Waals surface area contributed by atoms with E-state index in [2.05, 4.69) is 5.32 Å². The van der Waals surface area contributed by atoms with Crippen LogP contribution in [-0.2, 0) is 14.8 Å². The molecule has 30 heavy (non-hydrogen) atoms. The third-order valence-corrected chi connectivity index (χ3v) is 7.97. The number of ether oxygens (including phenoxy) is 1. The highest BCUT2D eigenvalue weighted by molar-refractivity contribution is 7.99. The van der Waals surface area contributed by atoms with Crippen LogP contribution in [0, 0.1) is 0 Å². The van der Waals surface area contributed by atoms with Gasteiger partial charge in [0.2, 0.25) is 15.9 Å². The number of nitrogens with one attached hydrogen (secondary N) is 1. The smallest absolute Gasteiger partial charge is 0.243 e. The van der Waals surface area contributed by atoms with Crippen LogP contribution in [0.4, 0.5) is 5.69 Å². The maximum Gasteiger partial charge on any atom is 0.243 e. The predicted octanol–water partition coefficient (Wildman–Crippen LogP) is 4.64. The van der Waals surface area contributed by atoms with Crippen molar-refractivity contribution in [3.8, 4) is 5.75 Å². The second kappa shape index (κ2) is 10.5. The summed E-state index contributed by atoms with van der Waals surface area (Å²) in [5.74, 6) is 0.801. The molecule has 0 aliphatic carbocycles. The van der Waals surface area contributed by atoms with Gasteiger partial charge in [-0.2, -0.15) is 4.31 Å². The van der Waals surface area contributed by atoms with Crippen LogP contribution in [-0.4, -0.2) is 44.6 Å². The summed E-state index contributed by atoms with van der Waals surface area (Å²) in [4.78, 5) is 13.6. The van der Waals surface area contributed by atoms with Crippen LogP contribution >= 0.6 is 23.4 Å². The first-order valence-corrected chi connectivity index (χ1v) is 12.6. The molecule has 0 spiro atoms. The van der Waals surface area contributed by atoms with Crippen molar-refractivity contribution >= 4 is 45.0 Å². The molecule has 1 N–H and O–H groups in total. The first kappa shape index (κ1) is 22.9. The number of thioether (sulfide) groups is 1. The highest BCUT2D eigenvalue weighted by Gasteiger charge is 2.27. The van der Waals surface area contributed by atoms with Crippen molar-refractivity contribution in [3.05, 3.63) is 47.5 Å². The second-order valence-corrected chi connectivity index (χ2v) is 10.5. The Morgan fingerprint density at radius 3 is 2.50 bits per heavy atom. The van der Waals surface area contributed by atoms with Gasteiger partial charge in [0.1, 0.15) is 5.75 Å². The molecule has 0 unspecified atom stereocenters. The summed E-state index contributed by atoms with van der Waals surface area (Å²) in [7, 11) is -2.10. The zero-order valence-electron chi connectivity index (χ0n) is 16.8. The van der Waals surface area contributed by atoms with E-state index in [-0.39, 0.29) is 17.2 Å². The molecule has 0 aromatic heterocycles. The number of amides is 1. The Bertz CT molecular complexity index is 975. The Kier molecular flexibility index (Phi) is 8.05. The molecule has 6 nitrogen and oxygen atoms in total. The fraction of sp³-hybridized carbons (Fsp3) is 0.381. The lowest BCUT2D eigenvalue weighted by Crippen LogP contribution is -2.35. The molecule has 1 aliphatic rings. The number of carbonyl (C=O) groups is 1. The average molecular weight is 469 g/mol. The third-order valence-electron chi connectivity index (χ3n) is 4.81. The van der Waals surface area contributed by atoms with E-state index in [4.69, 9.17) is 16.3 Å². The van der Waals surface area contributed by atoms with Gasteiger partial charge in [-0.15, -0.1) is 11.8 Å². The highest BCUT2D eigenvalue weighted by Crippen LogP contribution is 2.30. The summed E-state index contributed by atoms with van der Waals surface area (Å²) in [6.45, 7) is 1.05. The van der Waals surface area contributed by atoms with Crippen molar-refractivity contribution in [1.82, 2.24) is 4.31 Å². The molecule has 0 saturated carbocycles. The summed E-state index contributed by atoms with van der Waals surface area (Å²) in [6.07, 6.45) is 3.05. The van der Waals surface area contributed by atoms with Gasteiger partial charge in [0.05, 0.1) is 17.7 Å². The van der Waals surface area contributed by atoms with E-state index in [9.17, 15) is 13.2 Å². The summed E-state index contributed by atoms with van der Waals surface area (Å²) >= 11 is 7.43. The topological polar surface area (TPSA) is 75.7 Å². The number of methoxy groups -OCH3 is 1. The molecule has 0 radical (unpaired) electrons. The number of hydrogen-bond donors (Lipinski definition) is 1. The zero-order chi connectivity index (χ0) is 21.6. The number of halogens is 1. The quantitative estimate of drug-likeness (QED) is 0.571. The number of rotatable bonds is 8. The van der Waals surface area contributed by atoms with E-state index in [0.29, 0.717) is 35.3 Å². The third kappa shape index (κ3) is 5.91. The van der Waals surface area contributed by atoms with Crippen molar-refractivity contribution in [2.45, 2.75) is 35.5 Å². The largest absolute Gasteiger partial charge is 0.495 e. The van der Waals surface area contributed by atoms with Gasteiger partial charge in [-0.05, 0) is 55.3 Å². The van der Waals surface area contributed by atoms with Crippen LogP contribution in [0.1, 0.15) is 25.7 Å². The number of hydrogen-bond acceptors (Lipinski definition) is 5. The normalized spacial score (nSPS) is 15.0. The number of benzene rings is 2. The van der Waals surface area contributed by atoms with Gasteiger partial charge >= 0.3 is 0 Å². The maximum absolute atomic E-state index is 12.9. The fourth-order valence-corrected chi connectivity index (χ4v) is 5.73. The lowest BCUT2D eigenvalue weighted by atomic mass is 10.2. The van der Waals surface area contributed by atoms with Gasteiger partial charge in [0, 0.05) is 35.2 Å². The summed E-state index contributed by atoms with van der Waals surface area (Å²) in [6, 6.07) is 12.0. The number of sulfonamides is 1. The standard InChI is InChI=1S/C21H25ClN2O4S2/c1-28-20-10-9-18(30(26,27)24-12-3-2-4-13-24)15-19(20)23-21(25)11-14-29-17-7-5-16(22)6-8-17/h5-10,15H,2-4,11-14H2,1H3,(H,23,25). The van der Waals surface area contributed by atoms with Gasteiger partial charge in [0.15, 0.2) is 0 Å². The van der Waals surface area contributed by atoms with Gasteiger partial charge < -0.3 is 10.1 Å². The van der Waals surface area contributed by atoms with Crippen LogP contribution < -0.4 is 10.1 Å². The van der Waals surface area contributed by atoms with E-state index in [0.717, 1.165) is 24.2 Å². The molecular weight excluding hydrogens is 444 g/mol. The first-order chi connectivity index (χ1) is 14.4. The summed E-state index contributed by atoms with van der Waals surface area (Å²) in [5.41, 5.74) is 0.358. The highest BCUT2D eigenvalue weighted by atomic mass is 35.5. The molecule has 1 fully saturated rings. The molecule has 9 heteroatoms. The van der Waals surface area contributed by atoms with Crippen molar-refractivity contribution in [1.29, 1.82) is 0 Å². The molecule has 1 aliphatic heterocycles. The molecule has 1 heterocycles. The Hall–Kier alpha value is -1.74. The number of anilines is 1. The van der Waals surface area contributed by atoms with Crippen LogP contribution in [0.3, 0.4) is 0 Å². The molecule has 0 bridgehead atoms. The number of piperidine rings is 1. The fourth-order valence-electron chi connectivity index (χ4n) is 3.20. The molecule has 1 amide bonds. The maximum atomic E-state index is 12.9.